The monoisotopic (exact) mass is 256 g/mol. The number of benzene rings is 1. The highest BCUT2D eigenvalue weighted by molar-refractivity contribution is 5.76. The highest BCUT2D eigenvalue weighted by Crippen LogP contribution is 2.18. The normalized spacial score (nSPS) is 13.5. The molecular formula is C16H20N2O. The summed E-state index contributed by atoms with van der Waals surface area (Å²) in [6.45, 7) is 1.50. The third-order valence-electron chi connectivity index (χ3n) is 2.92. The fraction of sp³-hybridized carbons (Fsp3) is 0.438. The van der Waals surface area contributed by atoms with Crippen molar-refractivity contribution >= 4 is 5.91 Å². The summed E-state index contributed by atoms with van der Waals surface area (Å²) in [5.41, 5.74) is 1.04. The lowest BCUT2D eigenvalue weighted by Gasteiger charge is -2.02. The Morgan fingerprint density at radius 1 is 1.26 bits per heavy atom. The molecule has 0 spiro atoms. The van der Waals surface area contributed by atoms with E-state index in [0.29, 0.717) is 19.0 Å². The second-order valence-corrected chi connectivity index (χ2v) is 4.79. The van der Waals surface area contributed by atoms with Gasteiger partial charge in [-0.2, -0.15) is 0 Å². The van der Waals surface area contributed by atoms with Gasteiger partial charge in [-0.1, -0.05) is 30.0 Å². The minimum atomic E-state index is 0.180. The van der Waals surface area contributed by atoms with Crippen LogP contribution < -0.4 is 10.6 Å². The maximum atomic E-state index is 11.4. The van der Waals surface area contributed by atoms with Gasteiger partial charge in [0.2, 0.25) is 5.91 Å². The highest BCUT2D eigenvalue weighted by atomic mass is 16.1. The molecule has 3 heteroatoms. The summed E-state index contributed by atoms with van der Waals surface area (Å²) in [7, 11) is 0. The van der Waals surface area contributed by atoms with E-state index in [1.807, 2.05) is 30.3 Å². The highest BCUT2D eigenvalue weighted by Gasteiger charge is 2.22. The molecule has 0 atom stereocenters. The largest absolute Gasteiger partial charge is 0.353 e. The molecule has 0 unspecified atom stereocenters. The van der Waals surface area contributed by atoms with E-state index < -0.39 is 0 Å². The molecule has 1 aliphatic rings. The predicted octanol–water partition coefficient (Wildman–Crippen LogP) is 1.69. The summed E-state index contributed by atoms with van der Waals surface area (Å²) in [6.07, 6.45) is 3.78. The average molecular weight is 256 g/mol. The lowest BCUT2D eigenvalue weighted by Crippen LogP contribution is -2.26. The Morgan fingerprint density at radius 2 is 2.05 bits per heavy atom. The number of carbonyl (C=O) groups is 1. The Morgan fingerprint density at radius 3 is 2.79 bits per heavy atom. The van der Waals surface area contributed by atoms with Crippen molar-refractivity contribution in [3.63, 3.8) is 0 Å². The van der Waals surface area contributed by atoms with Crippen molar-refractivity contribution < 1.29 is 4.79 Å². The first-order valence-corrected chi connectivity index (χ1v) is 6.88. The molecule has 0 aliphatic heterocycles. The van der Waals surface area contributed by atoms with Gasteiger partial charge in [0.05, 0.1) is 6.54 Å². The quantitative estimate of drug-likeness (QED) is 0.600. The zero-order chi connectivity index (χ0) is 13.3. The van der Waals surface area contributed by atoms with E-state index >= 15 is 0 Å². The van der Waals surface area contributed by atoms with Crippen LogP contribution in [0.15, 0.2) is 30.3 Å². The van der Waals surface area contributed by atoms with Gasteiger partial charge in [-0.05, 0) is 37.9 Å². The summed E-state index contributed by atoms with van der Waals surface area (Å²) in [6, 6.07) is 10.4. The maximum absolute atomic E-state index is 11.4. The van der Waals surface area contributed by atoms with E-state index in [1.165, 1.54) is 0 Å². The fourth-order valence-corrected chi connectivity index (χ4v) is 1.72. The summed E-state index contributed by atoms with van der Waals surface area (Å²) in [5, 5.41) is 6.21. The summed E-state index contributed by atoms with van der Waals surface area (Å²) < 4.78 is 0. The van der Waals surface area contributed by atoms with Crippen LogP contribution in [0.5, 0.6) is 0 Å². The molecule has 2 N–H and O–H groups in total. The molecule has 0 aromatic heterocycles. The molecule has 100 valence electrons. The van der Waals surface area contributed by atoms with Crippen molar-refractivity contribution in [3.05, 3.63) is 35.9 Å². The second-order valence-electron chi connectivity index (χ2n) is 4.79. The van der Waals surface area contributed by atoms with E-state index in [0.717, 1.165) is 31.4 Å². The van der Waals surface area contributed by atoms with E-state index in [4.69, 9.17) is 0 Å². The second kappa shape index (κ2) is 7.60. The molecule has 1 aromatic rings. The van der Waals surface area contributed by atoms with Crippen molar-refractivity contribution in [2.24, 2.45) is 0 Å². The summed E-state index contributed by atoms with van der Waals surface area (Å²) in [4.78, 5) is 11.4. The smallest absolute Gasteiger partial charge is 0.220 e. The van der Waals surface area contributed by atoms with Gasteiger partial charge < -0.3 is 10.6 Å². The van der Waals surface area contributed by atoms with Crippen LogP contribution >= 0.6 is 0 Å². The predicted molar refractivity (Wildman–Crippen MR) is 76.6 cm³/mol. The van der Waals surface area contributed by atoms with E-state index in [9.17, 15) is 4.79 Å². The van der Waals surface area contributed by atoms with Crippen molar-refractivity contribution in [1.29, 1.82) is 0 Å². The van der Waals surface area contributed by atoms with Crippen molar-refractivity contribution in [3.8, 4) is 11.8 Å². The molecule has 1 saturated carbocycles. The number of hydrogen-bond donors (Lipinski definition) is 2. The standard InChI is InChI=1S/C16H20N2O/c19-16(18-15-10-11-15)9-5-13-17-12-4-8-14-6-2-1-3-7-14/h1-3,6-7,15,17H,5,9-13H2,(H,18,19). The van der Waals surface area contributed by atoms with Crippen molar-refractivity contribution in [2.75, 3.05) is 13.1 Å². The Balaban J connectivity index is 1.50. The van der Waals surface area contributed by atoms with Gasteiger partial charge in [-0.3, -0.25) is 4.79 Å². The molecule has 3 nitrogen and oxygen atoms in total. The first-order chi connectivity index (χ1) is 9.34. The molecule has 1 fully saturated rings. The third-order valence-corrected chi connectivity index (χ3v) is 2.92. The lowest BCUT2D eigenvalue weighted by molar-refractivity contribution is -0.121. The van der Waals surface area contributed by atoms with Gasteiger partial charge in [-0.15, -0.1) is 0 Å². The summed E-state index contributed by atoms with van der Waals surface area (Å²) >= 11 is 0. The van der Waals surface area contributed by atoms with Gasteiger partial charge in [0.15, 0.2) is 0 Å². The van der Waals surface area contributed by atoms with E-state index in [1.54, 1.807) is 0 Å². The van der Waals surface area contributed by atoms with E-state index in [2.05, 4.69) is 22.5 Å². The first-order valence-electron chi connectivity index (χ1n) is 6.88. The van der Waals surface area contributed by atoms with Gasteiger partial charge in [-0.25, -0.2) is 0 Å². The van der Waals surface area contributed by atoms with Crippen molar-refractivity contribution in [2.45, 2.75) is 31.7 Å². The topological polar surface area (TPSA) is 41.1 Å². The van der Waals surface area contributed by atoms with Crippen LogP contribution in [-0.4, -0.2) is 25.0 Å². The number of carbonyl (C=O) groups excluding carboxylic acids is 1. The van der Waals surface area contributed by atoms with E-state index in [-0.39, 0.29) is 5.91 Å². The number of hydrogen-bond acceptors (Lipinski definition) is 2. The first kappa shape index (κ1) is 13.6. The Labute approximate surface area is 114 Å². The number of nitrogens with one attached hydrogen (secondary N) is 2. The third kappa shape index (κ3) is 6.08. The molecule has 0 saturated heterocycles. The molecule has 19 heavy (non-hydrogen) atoms. The molecular weight excluding hydrogens is 236 g/mol. The Kier molecular flexibility index (Phi) is 5.46. The summed E-state index contributed by atoms with van der Waals surface area (Å²) in [5.74, 6) is 6.34. The fourth-order valence-electron chi connectivity index (χ4n) is 1.72. The minimum absolute atomic E-state index is 0.180. The van der Waals surface area contributed by atoms with Crippen LogP contribution in [0.3, 0.4) is 0 Å². The van der Waals surface area contributed by atoms with Gasteiger partial charge in [0.1, 0.15) is 0 Å². The Hall–Kier alpha value is -1.79. The number of amides is 1. The molecule has 0 bridgehead atoms. The van der Waals surface area contributed by atoms with Gasteiger partial charge >= 0.3 is 0 Å². The molecule has 1 amide bonds. The molecule has 1 aliphatic carbocycles. The molecule has 0 radical (unpaired) electrons. The number of rotatable bonds is 6. The molecule has 1 aromatic carbocycles. The van der Waals surface area contributed by atoms with Crippen LogP contribution in [0.4, 0.5) is 0 Å². The van der Waals surface area contributed by atoms with Crippen molar-refractivity contribution in [1.82, 2.24) is 10.6 Å². The maximum Gasteiger partial charge on any atom is 0.220 e. The van der Waals surface area contributed by atoms with Gasteiger partial charge in [0.25, 0.3) is 0 Å². The average Bonchev–Trinajstić information content (AvgIpc) is 3.23. The zero-order valence-corrected chi connectivity index (χ0v) is 11.1. The van der Waals surface area contributed by atoms with Gasteiger partial charge in [0, 0.05) is 18.0 Å². The van der Waals surface area contributed by atoms with Crippen LogP contribution in [0.1, 0.15) is 31.2 Å². The minimum Gasteiger partial charge on any atom is -0.353 e. The SMILES string of the molecule is O=C(CCCNCC#Cc1ccccc1)NC1CC1. The Bertz CT molecular complexity index is 455. The van der Waals surface area contributed by atoms with Crippen LogP contribution in [0.25, 0.3) is 0 Å². The van der Waals surface area contributed by atoms with Crippen LogP contribution in [-0.2, 0) is 4.79 Å². The molecule has 2 rings (SSSR count). The van der Waals surface area contributed by atoms with Crippen LogP contribution in [0, 0.1) is 11.8 Å². The zero-order valence-electron chi connectivity index (χ0n) is 11.1. The molecule has 0 heterocycles. The lowest BCUT2D eigenvalue weighted by atomic mass is 10.2. The van der Waals surface area contributed by atoms with Crippen LogP contribution in [0.2, 0.25) is 0 Å².